The standard InChI is InChI=1S/C14H15N3O5/c1-22-14(19)11-5-12-9(4-13(11)17(20)21)6-16(15-12)10-2-8(3-10)7-18/h4-6,8,10,18H,2-3,7H2,1H3. The maximum Gasteiger partial charge on any atom is 0.344 e. The second-order valence-electron chi connectivity index (χ2n) is 5.46. The van der Waals surface area contributed by atoms with Crippen LogP contribution >= 0.6 is 0 Å². The average molecular weight is 305 g/mol. The number of carbonyl (C=O) groups excluding carboxylic acids is 1. The normalized spacial score (nSPS) is 20.6. The Hall–Kier alpha value is -2.48. The van der Waals surface area contributed by atoms with Crippen LogP contribution in [0.25, 0.3) is 10.9 Å². The van der Waals surface area contributed by atoms with Crippen molar-refractivity contribution in [3.63, 3.8) is 0 Å². The Morgan fingerprint density at radius 1 is 1.55 bits per heavy atom. The highest BCUT2D eigenvalue weighted by molar-refractivity contribution is 5.99. The van der Waals surface area contributed by atoms with Crippen molar-refractivity contribution >= 4 is 22.6 Å². The van der Waals surface area contributed by atoms with Crippen LogP contribution < -0.4 is 0 Å². The molecule has 1 N–H and O–H groups in total. The molecule has 1 heterocycles. The van der Waals surface area contributed by atoms with Crippen molar-refractivity contribution in [2.75, 3.05) is 13.7 Å². The van der Waals surface area contributed by atoms with E-state index in [0.717, 1.165) is 12.8 Å². The summed E-state index contributed by atoms with van der Waals surface area (Å²) in [5, 5.41) is 25.2. The summed E-state index contributed by atoms with van der Waals surface area (Å²) in [6.07, 6.45) is 3.40. The molecular weight excluding hydrogens is 290 g/mol. The Balaban J connectivity index is 2.01. The fraction of sp³-hybridized carbons (Fsp3) is 0.429. The number of fused-ring (bicyclic) bond motifs is 1. The van der Waals surface area contributed by atoms with Crippen LogP contribution in [0.3, 0.4) is 0 Å². The molecule has 22 heavy (non-hydrogen) atoms. The second-order valence-corrected chi connectivity index (χ2v) is 5.46. The first-order chi connectivity index (χ1) is 10.5. The van der Waals surface area contributed by atoms with Gasteiger partial charge in [-0.2, -0.15) is 5.10 Å². The lowest BCUT2D eigenvalue weighted by molar-refractivity contribution is -0.385. The van der Waals surface area contributed by atoms with Gasteiger partial charge >= 0.3 is 5.97 Å². The zero-order chi connectivity index (χ0) is 15.9. The Kier molecular flexibility index (Phi) is 3.53. The molecule has 1 aliphatic carbocycles. The first-order valence-corrected chi connectivity index (χ1v) is 6.90. The van der Waals surface area contributed by atoms with Crippen molar-refractivity contribution in [2.24, 2.45) is 5.92 Å². The van der Waals surface area contributed by atoms with Crippen LogP contribution in [0.15, 0.2) is 18.3 Å². The number of hydrogen-bond donors (Lipinski definition) is 1. The topological polar surface area (TPSA) is 107 Å². The van der Waals surface area contributed by atoms with Gasteiger partial charge in [0, 0.05) is 24.3 Å². The Bertz CT molecular complexity index is 748. The number of nitro benzene ring substituents is 1. The summed E-state index contributed by atoms with van der Waals surface area (Å²) in [5.74, 6) is -0.468. The number of nitro groups is 1. The lowest BCUT2D eigenvalue weighted by Crippen LogP contribution is -2.29. The van der Waals surface area contributed by atoms with Crippen LogP contribution in [-0.4, -0.2) is 39.5 Å². The summed E-state index contributed by atoms with van der Waals surface area (Å²) < 4.78 is 6.34. The van der Waals surface area contributed by atoms with Gasteiger partial charge in [-0.1, -0.05) is 0 Å². The number of aromatic nitrogens is 2. The molecule has 8 nitrogen and oxygen atoms in total. The molecule has 3 rings (SSSR count). The minimum atomic E-state index is -0.757. The second kappa shape index (κ2) is 5.38. The highest BCUT2D eigenvalue weighted by Crippen LogP contribution is 2.38. The van der Waals surface area contributed by atoms with Crippen LogP contribution in [0.1, 0.15) is 29.2 Å². The minimum Gasteiger partial charge on any atom is -0.465 e. The minimum absolute atomic E-state index is 0.105. The molecule has 0 atom stereocenters. The third kappa shape index (κ3) is 2.31. The summed E-state index contributed by atoms with van der Waals surface area (Å²) >= 11 is 0. The number of esters is 1. The van der Waals surface area contributed by atoms with E-state index in [4.69, 9.17) is 5.11 Å². The number of benzene rings is 1. The van der Waals surface area contributed by atoms with Crippen LogP contribution in [0.2, 0.25) is 0 Å². The van der Waals surface area contributed by atoms with Gasteiger partial charge in [-0.25, -0.2) is 4.79 Å². The predicted octanol–water partition coefficient (Wildman–Crippen LogP) is 1.67. The number of aliphatic hydroxyl groups is 1. The fourth-order valence-electron chi connectivity index (χ4n) is 2.76. The van der Waals surface area contributed by atoms with Gasteiger partial charge in [0.1, 0.15) is 5.56 Å². The maximum absolute atomic E-state index is 11.7. The summed E-state index contributed by atoms with van der Waals surface area (Å²) in [7, 11) is 1.18. The van der Waals surface area contributed by atoms with Gasteiger partial charge in [-0.05, 0) is 24.8 Å². The van der Waals surface area contributed by atoms with Crippen LogP contribution in [0, 0.1) is 16.0 Å². The van der Waals surface area contributed by atoms with Crippen molar-refractivity contribution in [3.8, 4) is 0 Å². The number of ether oxygens (including phenoxy) is 1. The van der Waals surface area contributed by atoms with Gasteiger partial charge < -0.3 is 9.84 Å². The largest absolute Gasteiger partial charge is 0.465 e. The monoisotopic (exact) mass is 305 g/mol. The molecular formula is C14H15N3O5. The van der Waals surface area contributed by atoms with Crippen molar-refractivity contribution in [1.82, 2.24) is 9.78 Å². The Labute approximate surface area is 125 Å². The van der Waals surface area contributed by atoms with E-state index in [1.165, 1.54) is 19.2 Å². The Morgan fingerprint density at radius 2 is 2.27 bits per heavy atom. The predicted molar refractivity (Wildman–Crippen MR) is 76.6 cm³/mol. The number of aliphatic hydroxyl groups excluding tert-OH is 1. The molecule has 0 spiro atoms. The van der Waals surface area contributed by atoms with Crippen molar-refractivity contribution in [1.29, 1.82) is 0 Å². The number of rotatable bonds is 4. The third-order valence-corrected chi connectivity index (χ3v) is 4.08. The zero-order valence-electron chi connectivity index (χ0n) is 11.9. The maximum atomic E-state index is 11.7. The van der Waals surface area contributed by atoms with Crippen molar-refractivity contribution < 1.29 is 19.6 Å². The molecule has 0 aliphatic heterocycles. The van der Waals surface area contributed by atoms with Crippen LogP contribution in [0.5, 0.6) is 0 Å². The van der Waals surface area contributed by atoms with Crippen molar-refractivity contribution in [2.45, 2.75) is 18.9 Å². The lowest BCUT2D eigenvalue weighted by Gasteiger charge is -2.33. The highest BCUT2D eigenvalue weighted by Gasteiger charge is 2.31. The Morgan fingerprint density at radius 3 is 2.86 bits per heavy atom. The number of carbonyl (C=O) groups is 1. The van der Waals surface area contributed by atoms with Crippen molar-refractivity contribution in [3.05, 3.63) is 34.0 Å². The molecule has 116 valence electrons. The SMILES string of the molecule is COC(=O)c1cc2nn(C3CC(CO)C3)cc2cc1[N+](=O)[O-]. The molecule has 0 saturated heterocycles. The van der Waals surface area contributed by atoms with E-state index in [-0.39, 0.29) is 29.8 Å². The molecule has 1 aromatic heterocycles. The van der Waals surface area contributed by atoms with E-state index in [1.54, 1.807) is 10.9 Å². The summed E-state index contributed by atoms with van der Waals surface area (Å²) in [6.45, 7) is 0.162. The van der Waals surface area contributed by atoms with Gasteiger partial charge in [-0.15, -0.1) is 0 Å². The van der Waals surface area contributed by atoms with E-state index in [1.807, 2.05) is 0 Å². The number of hydrogen-bond acceptors (Lipinski definition) is 6. The molecule has 1 fully saturated rings. The molecule has 0 radical (unpaired) electrons. The van der Waals surface area contributed by atoms with Gasteiger partial charge in [0.05, 0.1) is 23.6 Å². The van der Waals surface area contributed by atoms with Gasteiger partial charge in [0.15, 0.2) is 0 Å². The number of nitrogens with zero attached hydrogens (tertiary/aromatic N) is 3. The molecule has 0 unspecified atom stereocenters. The van der Waals surface area contributed by atoms with Gasteiger partial charge in [-0.3, -0.25) is 14.8 Å². The zero-order valence-corrected chi connectivity index (χ0v) is 11.9. The van der Waals surface area contributed by atoms with E-state index < -0.39 is 10.9 Å². The molecule has 1 saturated carbocycles. The highest BCUT2D eigenvalue weighted by atomic mass is 16.6. The quantitative estimate of drug-likeness (QED) is 0.523. The molecule has 1 aliphatic rings. The van der Waals surface area contributed by atoms with Crippen LogP contribution in [-0.2, 0) is 4.74 Å². The molecule has 1 aromatic carbocycles. The van der Waals surface area contributed by atoms with Gasteiger partial charge in [0.2, 0.25) is 0 Å². The van der Waals surface area contributed by atoms with Crippen LogP contribution in [0.4, 0.5) is 5.69 Å². The molecule has 0 bridgehead atoms. The first-order valence-electron chi connectivity index (χ1n) is 6.90. The summed E-state index contributed by atoms with van der Waals surface area (Å²) in [4.78, 5) is 22.2. The van der Waals surface area contributed by atoms with E-state index >= 15 is 0 Å². The summed E-state index contributed by atoms with van der Waals surface area (Å²) in [5.41, 5.74) is 0.117. The third-order valence-electron chi connectivity index (χ3n) is 4.08. The van der Waals surface area contributed by atoms with E-state index in [0.29, 0.717) is 10.9 Å². The molecule has 2 aromatic rings. The smallest absolute Gasteiger partial charge is 0.344 e. The lowest BCUT2D eigenvalue weighted by atomic mass is 9.81. The van der Waals surface area contributed by atoms with E-state index in [2.05, 4.69) is 9.84 Å². The van der Waals surface area contributed by atoms with E-state index in [9.17, 15) is 14.9 Å². The van der Waals surface area contributed by atoms with Gasteiger partial charge in [0.25, 0.3) is 5.69 Å². The number of methoxy groups -OCH3 is 1. The fourth-order valence-corrected chi connectivity index (χ4v) is 2.76. The summed E-state index contributed by atoms with van der Waals surface area (Å²) in [6, 6.07) is 2.91. The molecule has 8 heteroatoms. The first kappa shape index (κ1) is 14.5. The average Bonchev–Trinajstić information content (AvgIpc) is 2.86. The molecule has 0 amide bonds.